The molecule has 62 valence electrons. The minimum Gasteiger partial charge on any atom is -0.296 e. The van der Waals surface area contributed by atoms with E-state index in [9.17, 15) is 4.79 Å². The summed E-state index contributed by atoms with van der Waals surface area (Å²) in [6.07, 6.45) is 2.70. The molecule has 0 fully saturated rings. The second-order valence-corrected chi connectivity index (χ2v) is 2.15. The molecule has 0 radical (unpaired) electrons. The lowest BCUT2D eigenvalue weighted by Crippen LogP contribution is -1.93. The van der Waals surface area contributed by atoms with E-state index >= 15 is 0 Å². The van der Waals surface area contributed by atoms with Crippen molar-refractivity contribution in [3.05, 3.63) is 42.0 Å². The second kappa shape index (κ2) is 4.31. The van der Waals surface area contributed by atoms with Gasteiger partial charge in [0.2, 0.25) is 0 Å². The van der Waals surface area contributed by atoms with Crippen LogP contribution in [0.4, 0.5) is 0 Å². The average molecular weight is 164 g/mol. The number of rotatable bonds is 2. The van der Waals surface area contributed by atoms with Crippen molar-refractivity contribution >= 4 is 12.0 Å². The zero-order valence-electron chi connectivity index (χ0n) is 6.31. The van der Waals surface area contributed by atoms with Crippen LogP contribution in [0.3, 0.4) is 0 Å². The van der Waals surface area contributed by atoms with Crippen LogP contribution in [0.5, 0.6) is 0 Å². The number of benzene rings is 1. The Labute approximate surface area is 69.8 Å². The molecular formula is C9H8O3. The Balaban J connectivity index is 2.64. The first kappa shape index (κ1) is 8.49. The van der Waals surface area contributed by atoms with Gasteiger partial charge in [0, 0.05) is 6.08 Å². The van der Waals surface area contributed by atoms with Gasteiger partial charge in [0.05, 0.1) is 0 Å². The molecule has 1 rings (SSSR count). The summed E-state index contributed by atoms with van der Waals surface area (Å²) in [5.41, 5.74) is 0.878. The summed E-state index contributed by atoms with van der Waals surface area (Å²) < 4.78 is 0. The van der Waals surface area contributed by atoms with E-state index in [0.717, 1.165) is 11.6 Å². The normalized spacial score (nSPS) is 10.1. The third-order valence-corrected chi connectivity index (χ3v) is 1.30. The highest BCUT2D eigenvalue weighted by Crippen LogP contribution is 2.00. The lowest BCUT2D eigenvalue weighted by molar-refractivity contribution is -0.227. The molecule has 0 aliphatic rings. The molecule has 0 aliphatic carbocycles. The molecule has 0 atom stereocenters. The Morgan fingerprint density at radius 2 is 2.00 bits per heavy atom. The predicted molar refractivity (Wildman–Crippen MR) is 44.2 cm³/mol. The highest BCUT2D eigenvalue weighted by Gasteiger charge is 1.91. The fourth-order valence-corrected chi connectivity index (χ4v) is 0.759. The van der Waals surface area contributed by atoms with Gasteiger partial charge in [0.25, 0.3) is 0 Å². The van der Waals surface area contributed by atoms with Gasteiger partial charge in [-0.3, -0.25) is 4.89 Å². The van der Waals surface area contributed by atoms with Crippen molar-refractivity contribution in [2.24, 2.45) is 0 Å². The lowest BCUT2D eigenvalue weighted by Gasteiger charge is -1.89. The molecule has 0 unspecified atom stereocenters. The number of carbonyl (C=O) groups excluding carboxylic acids is 1. The standard InChI is InChI=1S/C9H8O3/c10-9(12-11)7-6-8-4-2-1-3-5-8/h1-7,11H. The van der Waals surface area contributed by atoms with Crippen molar-refractivity contribution in [3.63, 3.8) is 0 Å². The maximum atomic E-state index is 10.4. The van der Waals surface area contributed by atoms with Gasteiger partial charge in [0.15, 0.2) is 0 Å². The molecule has 0 bridgehead atoms. The van der Waals surface area contributed by atoms with Crippen LogP contribution >= 0.6 is 0 Å². The average Bonchev–Trinajstić information content (AvgIpc) is 2.16. The lowest BCUT2D eigenvalue weighted by atomic mass is 10.2. The first-order valence-electron chi connectivity index (χ1n) is 3.41. The van der Waals surface area contributed by atoms with Crippen LogP contribution in [0.1, 0.15) is 5.56 Å². The molecule has 1 N–H and O–H groups in total. The van der Waals surface area contributed by atoms with E-state index in [2.05, 4.69) is 4.89 Å². The molecule has 12 heavy (non-hydrogen) atoms. The Hall–Kier alpha value is -1.61. The molecule has 0 heterocycles. The van der Waals surface area contributed by atoms with E-state index in [-0.39, 0.29) is 0 Å². The monoisotopic (exact) mass is 164 g/mol. The van der Waals surface area contributed by atoms with Crippen LogP contribution in [-0.4, -0.2) is 11.2 Å². The summed E-state index contributed by atoms with van der Waals surface area (Å²) >= 11 is 0. The van der Waals surface area contributed by atoms with Crippen LogP contribution in [-0.2, 0) is 9.68 Å². The minimum absolute atomic E-state index is 0.779. The van der Waals surface area contributed by atoms with Gasteiger partial charge in [-0.1, -0.05) is 30.3 Å². The Morgan fingerprint density at radius 1 is 1.33 bits per heavy atom. The topological polar surface area (TPSA) is 46.5 Å². The third-order valence-electron chi connectivity index (χ3n) is 1.30. The molecule has 1 aromatic carbocycles. The molecule has 0 aromatic heterocycles. The number of hydrogen-bond acceptors (Lipinski definition) is 3. The highest BCUT2D eigenvalue weighted by atomic mass is 17.1. The summed E-state index contributed by atoms with van der Waals surface area (Å²) in [4.78, 5) is 13.9. The fourth-order valence-electron chi connectivity index (χ4n) is 0.759. The van der Waals surface area contributed by atoms with Gasteiger partial charge in [-0.2, -0.15) is 5.26 Å². The van der Waals surface area contributed by atoms with E-state index in [1.54, 1.807) is 6.08 Å². The molecular weight excluding hydrogens is 156 g/mol. The number of hydrogen-bond donors (Lipinski definition) is 1. The summed E-state index contributed by atoms with van der Waals surface area (Å²) in [6.45, 7) is 0. The van der Waals surface area contributed by atoms with E-state index < -0.39 is 5.97 Å². The van der Waals surface area contributed by atoms with Crippen LogP contribution in [0.25, 0.3) is 6.08 Å². The summed E-state index contributed by atoms with van der Waals surface area (Å²) in [6, 6.07) is 9.25. The zero-order chi connectivity index (χ0) is 8.81. The highest BCUT2D eigenvalue weighted by molar-refractivity contribution is 5.86. The molecule has 3 heteroatoms. The van der Waals surface area contributed by atoms with Crippen molar-refractivity contribution in [3.8, 4) is 0 Å². The van der Waals surface area contributed by atoms with Crippen LogP contribution in [0.2, 0.25) is 0 Å². The van der Waals surface area contributed by atoms with Gasteiger partial charge in [-0.05, 0) is 11.6 Å². The largest absolute Gasteiger partial charge is 0.365 e. The van der Waals surface area contributed by atoms with Crippen molar-refractivity contribution in [1.29, 1.82) is 0 Å². The first-order valence-corrected chi connectivity index (χ1v) is 3.41. The van der Waals surface area contributed by atoms with E-state index in [1.807, 2.05) is 30.3 Å². The quantitative estimate of drug-likeness (QED) is 0.411. The maximum Gasteiger partial charge on any atom is 0.365 e. The molecule has 3 nitrogen and oxygen atoms in total. The Bertz CT molecular complexity index is 277. The number of carbonyl (C=O) groups is 1. The van der Waals surface area contributed by atoms with Crippen LogP contribution in [0.15, 0.2) is 36.4 Å². The maximum absolute atomic E-state index is 10.4. The van der Waals surface area contributed by atoms with Crippen LogP contribution in [0, 0.1) is 0 Å². The Kier molecular flexibility index (Phi) is 3.04. The van der Waals surface area contributed by atoms with Gasteiger partial charge in [-0.15, -0.1) is 0 Å². The second-order valence-electron chi connectivity index (χ2n) is 2.15. The van der Waals surface area contributed by atoms with Gasteiger partial charge < -0.3 is 0 Å². The van der Waals surface area contributed by atoms with Crippen LogP contribution < -0.4 is 0 Å². The zero-order valence-corrected chi connectivity index (χ0v) is 6.31. The van der Waals surface area contributed by atoms with E-state index in [1.165, 1.54) is 0 Å². The van der Waals surface area contributed by atoms with E-state index in [0.29, 0.717) is 0 Å². The summed E-state index contributed by atoms with van der Waals surface area (Å²) in [5.74, 6) is -0.779. The van der Waals surface area contributed by atoms with Crippen molar-refractivity contribution in [1.82, 2.24) is 0 Å². The van der Waals surface area contributed by atoms with Gasteiger partial charge >= 0.3 is 5.97 Å². The van der Waals surface area contributed by atoms with Crippen molar-refractivity contribution in [2.75, 3.05) is 0 Å². The third kappa shape index (κ3) is 2.56. The first-order chi connectivity index (χ1) is 5.83. The minimum atomic E-state index is -0.779. The molecule has 0 aliphatic heterocycles. The summed E-state index contributed by atoms with van der Waals surface area (Å²) in [5, 5.41) is 7.91. The van der Waals surface area contributed by atoms with E-state index in [4.69, 9.17) is 5.26 Å². The van der Waals surface area contributed by atoms with Gasteiger partial charge in [-0.25, -0.2) is 4.79 Å². The smallest absolute Gasteiger partial charge is 0.296 e. The molecule has 1 aromatic rings. The van der Waals surface area contributed by atoms with Crippen molar-refractivity contribution < 1.29 is 14.9 Å². The predicted octanol–water partition coefficient (Wildman–Crippen LogP) is 1.72. The van der Waals surface area contributed by atoms with Gasteiger partial charge in [0.1, 0.15) is 0 Å². The molecule has 0 saturated heterocycles. The molecule has 0 spiro atoms. The van der Waals surface area contributed by atoms with Crippen molar-refractivity contribution in [2.45, 2.75) is 0 Å². The SMILES string of the molecule is O=C(C=Cc1ccccc1)OO. The molecule has 0 saturated carbocycles. The summed E-state index contributed by atoms with van der Waals surface area (Å²) in [7, 11) is 0. The Morgan fingerprint density at radius 3 is 2.58 bits per heavy atom. The molecule has 0 amide bonds. The fraction of sp³-hybridized carbons (Fsp3) is 0.